The second kappa shape index (κ2) is 4.48. The molecular formula is C12H11FN2O3. The molecule has 2 aromatic rings. The number of rotatable bonds is 2. The summed E-state index contributed by atoms with van der Waals surface area (Å²) in [6.07, 6.45) is 1.28. The molecule has 5 nitrogen and oxygen atoms in total. The zero-order valence-electron chi connectivity index (χ0n) is 9.86. The van der Waals surface area contributed by atoms with E-state index in [1.54, 1.807) is 0 Å². The maximum atomic E-state index is 13.4. The van der Waals surface area contributed by atoms with Crippen LogP contribution in [0.5, 0.6) is 5.75 Å². The van der Waals surface area contributed by atoms with Crippen LogP contribution in [-0.2, 0) is 4.74 Å². The van der Waals surface area contributed by atoms with Crippen molar-refractivity contribution in [1.82, 2.24) is 4.98 Å². The highest BCUT2D eigenvalue weighted by Gasteiger charge is 2.16. The number of methoxy groups -OCH3 is 2. The molecule has 94 valence electrons. The van der Waals surface area contributed by atoms with Crippen molar-refractivity contribution in [3.63, 3.8) is 0 Å². The van der Waals surface area contributed by atoms with Crippen molar-refractivity contribution in [2.24, 2.45) is 0 Å². The van der Waals surface area contributed by atoms with Gasteiger partial charge >= 0.3 is 5.97 Å². The summed E-state index contributed by atoms with van der Waals surface area (Å²) in [7, 11) is 2.64. The number of nitrogens with zero attached hydrogens (tertiary/aromatic N) is 1. The predicted molar refractivity (Wildman–Crippen MR) is 64.0 cm³/mol. The molecule has 0 aliphatic heterocycles. The molecule has 0 aliphatic rings. The van der Waals surface area contributed by atoms with E-state index in [1.165, 1.54) is 32.5 Å². The Morgan fingerprint density at radius 2 is 2.11 bits per heavy atom. The Bertz CT molecular complexity index is 628. The van der Waals surface area contributed by atoms with Crippen LogP contribution in [0.4, 0.5) is 10.1 Å². The first-order chi connectivity index (χ1) is 8.58. The molecule has 0 saturated carbocycles. The quantitative estimate of drug-likeness (QED) is 0.822. The second-order valence-electron chi connectivity index (χ2n) is 3.58. The Kier molecular flexibility index (Phi) is 3.01. The van der Waals surface area contributed by atoms with Crippen molar-refractivity contribution in [3.8, 4) is 5.75 Å². The Hall–Kier alpha value is -2.37. The molecule has 0 bridgehead atoms. The molecule has 0 spiro atoms. The van der Waals surface area contributed by atoms with Gasteiger partial charge in [0, 0.05) is 17.6 Å². The minimum Gasteiger partial charge on any atom is -0.494 e. The zero-order valence-corrected chi connectivity index (χ0v) is 9.86. The lowest BCUT2D eigenvalue weighted by Gasteiger charge is -2.09. The van der Waals surface area contributed by atoms with E-state index < -0.39 is 11.8 Å². The van der Waals surface area contributed by atoms with Gasteiger partial charge in [-0.2, -0.15) is 0 Å². The van der Waals surface area contributed by atoms with Crippen LogP contribution in [0.25, 0.3) is 10.9 Å². The molecule has 0 aliphatic carbocycles. The fraction of sp³-hybridized carbons (Fsp3) is 0.167. The van der Waals surface area contributed by atoms with Gasteiger partial charge in [-0.3, -0.25) is 4.98 Å². The highest BCUT2D eigenvalue weighted by molar-refractivity contribution is 6.05. The summed E-state index contributed by atoms with van der Waals surface area (Å²) in [5.41, 5.74) is 6.43. The topological polar surface area (TPSA) is 74.4 Å². The van der Waals surface area contributed by atoms with Crippen LogP contribution in [-0.4, -0.2) is 25.2 Å². The summed E-state index contributed by atoms with van der Waals surface area (Å²) in [5.74, 6) is -0.881. The van der Waals surface area contributed by atoms with E-state index in [2.05, 4.69) is 9.72 Å². The number of nitrogens with two attached hydrogens (primary N) is 1. The van der Waals surface area contributed by atoms with E-state index in [-0.39, 0.29) is 17.0 Å². The standard InChI is InChI=1S/C12H11FN2O3/c1-17-9-4-6(13)3-7-10(14)8(12(16)18-2)5-15-11(7)9/h3-5H,1-2H3,(H2,14,15). The summed E-state index contributed by atoms with van der Waals surface area (Å²) in [4.78, 5) is 15.5. The van der Waals surface area contributed by atoms with Gasteiger partial charge in [-0.1, -0.05) is 0 Å². The van der Waals surface area contributed by atoms with Gasteiger partial charge in [-0.05, 0) is 6.07 Å². The van der Waals surface area contributed by atoms with Crippen LogP contribution in [0.1, 0.15) is 10.4 Å². The molecule has 0 unspecified atom stereocenters. The molecule has 1 aromatic heterocycles. The lowest BCUT2D eigenvalue weighted by Crippen LogP contribution is -2.07. The van der Waals surface area contributed by atoms with E-state index in [0.29, 0.717) is 10.9 Å². The van der Waals surface area contributed by atoms with Gasteiger partial charge in [-0.15, -0.1) is 0 Å². The molecule has 0 amide bonds. The number of hydrogen-bond donors (Lipinski definition) is 1. The van der Waals surface area contributed by atoms with Crippen LogP contribution < -0.4 is 10.5 Å². The third-order valence-corrected chi connectivity index (χ3v) is 2.57. The number of anilines is 1. The van der Waals surface area contributed by atoms with Gasteiger partial charge in [0.2, 0.25) is 0 Å². The van der Waals surface area contributed by atoms with Gasteiger partial charge in [-0.25, -0.2) is 9.18 Å². The van der Waals surface area contributed by atoms with Crippen molar-refractivity contribution in [1.29, 1.82) is 0 Å². The third kappa shape index (κ3) is 1.81. The molecule has 18 heavy (non-hydrogen) atoms. The second-order valence-corrected chi connectivity index (χ2v) is 3.58. The molecule has 0 atom stereocenters. The minimum atomic E-state index is -0.620. The monoisotopic (exact) mass is 250 g/mol. The van der Waals surface area contributed by atoms with Gasteiger partial charge in [0.1, 0.15) is 22.6 Å². The van der Waals surface area contributed by atoms with Crippen molar-refractivity contribution in [2.45, 2.75) is 0 Å². The number of aromatic nitrogens is 1. The zero-order chi connectivity index (χ0) is 13.3. The first-order valence-electron chi connectivity index (χ1n) is 5.08. The summed E-state index contributed by atoms with van der Waals surface area (Å²) < 4.78 is 23.0. The number of carbonyl (C=O) groups is 1. The number of halogens is 1. The van der Waals surface area contributed by atoms with Crippen LogP contribution in [0.3, 0.4) is 0 Å². The molecule has 2 N–H and O–H groups in total. The lowest BCUT2D eigenvalue weighted by atomic mass is 10.1. The average Bonchev–Trinajstić information content (AvgIpc) is 2.38. The van der Waals surface area contributed by atoms with Crippen LogP contribution in [0.15, 0.2) is 18.3 Å². The molecule has 0 saturated heterocycles. The van der Waals surface area contributed by atoms with Gasteiger partial charge in [0.05, 0.1) is 19.9 Å². The van der Waals surface area contributed by atoms with Gasteiger partial charge < -0.3 is 15.2 Å². The first kappa shape index (κ1) is 12.1. The molecular weight excluding hydrogens is 239 g/mol. The van der Waals surface area contributed by atoms with Crippen LogP contribution in [0.2, 0.25) is 0 Å². The van der Waals surface area contributed by atoms with Gasteiger partial charge in [0.25, 0.3) is 0 Å². The smallest absolute Gasteiger partial charge is 0.341 e. The Morgan fingerprint density at radius 3 is 2.72 bits per heavy atom. The normalized spacial score (nSPS) is 10.4. The van der Waals surface area contributed by atoms with Gasteiger partial charge in [0.15, 0.2) is 0 Å². The number of ether oxygens (including phenoxy) is 2. The fourth-order valence-corrected chi connectivity index (χ4v) is 1.68. The number of carbonyl (C=O) groups excluding carboxylic acids is 1. The van der Waals surface area contributed by atoms with Crippen molar-refractivity contribution >= 4 is 22.6 Å². The predicted octanol–water partition coefficient (Wildman–Crippen LogP) is 1.75. The summed E-state index contributed by atoms with van der Waals surface area (Å²) in [6.45, 7) is 0. The van der Waals surface area contributed by atoms with Crippen molar-refractivity contribution < 1.29 is 18.7 Å². The number of hydrogen-bond acceptors (Lipinski definition) is 5. The summed E-state index contributed by atoms with van der Waals surface area (Å²) in [5, 5.41) is 0.315. The van der Waals surface area contributed by atoms with E-state index in [4.69, 9.17) is 10.5 Å². The van der Waals surface area contributed by atoms with Crippen molar-refractivity contribution in [2.75, 3.05) is 20.0 Å². The minimum absolute atomic E-state index is 0.0950. The Balaban J connectivity index is 2.78. The molecule has 1 aromatic carbocycles. The SMILES string of the molecule is COC(=O)c1cnc2c(OC)cc(F)cc2c1N. The highest BCUT2D eigenvalue weighted by atomic mass is 19.1. The lowest BCUT2D eigenvalue weighted by molar-refractivity contribution is 0.0601. The fourth-order valence-electron chi connectivity index (χ4n) is 1.68. The summed E-state index contributed by atoms with van der Waals surface area (Å²) >= 11 is 0. The number of nitrogen functional groups attached to an aromatic ring is 1. The van der Waals surface area contributed by atoms with Crippen LogP contribution >= 0.6 is 0 Å². The average molecular weight is 250 g/mol. The number of benzene rings is 1. The Labute approximate surface area is 102 Å². The van der Waals surface area contributed by atoms with E-state index in [1.807, 2.05) is 0 Å². The number of fused-ring (bicyclic) bond motifs is 1. The van der Waals surface area contributed by atoms with Crippen molar-refractivity contribution in [3.05, 3.63) is 29.7 Å². The largest absolute Gasteiger partial charge is 0.494 e. The Morgan fingerprint density at radius 1 is 1.39 bits per heavy atom. The first-order valence-corrected chi connectivity index (χ1v) is 5.08. The van der Waals surface area contributed by atoms with E-state index in [9.17, 15) is 9.18 Å². The number of pyridine rings is 1. The maximum Gasteiger partial charge on any atom is 0.341 e. The van der Waals surface area contributed by atoms with E-state index in [0.717, 1.165) is 0 Å². The highest BCUT2D eigenvalue weighted by Crippen LogP contribution is 2.30. The molecule has 1 heterocycles. The third-order valence-electron chi connectivity index (χ3n) is 2.57. The molecule has 2 rings (SSSR count). The maximum absolute atomic E-state index is 13.4. The number of esters is 1. The summed E-state index contributed by atoms with van der Waals surface area (Å²) in [6, 6.07) is 2.40. The van der Waals surface area contributed by atoms with Crippen LogP contribution in [0, 0.1) is 5.82 Å². The molecule has 6 heteroatoms. The van der Waals surface area contributed by atoms with E-state index >= 15 is 0 Å². The molecule has 0 fully saturated rings. The molecule has 0 radical (unpaired) electrons.